The third-order valence-electron chi connectivity index (χ3n) is 2.70. The molecular formula is C11H11ClF2O. The van der Waals surface area contributed by atoms with Gasteiger partial charge in [0.2, 0.25) is 0 Å². The molecule has 0 spiro atoms. The lowest BCUT2D eigenvalue weighted by atomic mass is 9.96. The van der Waals surface area contributed by atoms with Crippen molar-refractivity contribution in [3.05, 3.63) is 34.4 Å². The summed E-state index contributed by atoms with van der Waals surface area (Å²) >= 11 is 6.04. The first-order valence-electron chi connectivity index (χ1n) is 4.80. The van der Waals surface area contributed by atoms with Gasteiger partial charge in [0.25, 0.3) is 0 Å². The summed E-state index contributed by atoms with van der Waals surface area (Å²) < 4.78 is 32.1. The average molecular weight is 233 g/mol. The Morgan fingerprint density at radius 3 is 2.87 bits per heavy atom. The molecule has 1 aliphatic heterocycles. The third-order valence-corrected chi connectivity index (χ3v) is 3.05. The van der Waals surface area contributed by atoms with E-state index >= 15 is 0 Å². The maximum atomic E-state index is 13.5. The highest BCUT2D eigenvalue weighted by Gasteiger charge is 2.24. The summed E-state index contributed by atoms with van der Waals surface area (Å²) in [6, 6.07) is 0.920. The fraction of sp³-hybridized carbons (Fsp3) is 0.455. The van der Waals surface area contributed by atoms with Gasteiger partial charge in [-0.2, -0.15) is 0 Å². The van der Waals surface area contributed by atoms with Gasteiger partial charge < -0.3 is 4.74 Å². The molecule has 0 amide bonds. The van der Waals surface area contributed by atoms with Gasteiger partial charge in [0.15, 0.2) is 0 Å². The Bertz CT molecular complexity index is 393. The van der Waals surface area contributed by atoms with E-state index in [0.717, 1.165) is 6.07 Å². The minimum Gasteiger partial charge on any atom is -0.379 e. The van der Waals surface area contributed by atoms with Gasteiger partial charge in [0, 0.05) is 6.07 Å². The zero-order valence-electron chi connectivity index (χ0n) is 8.32. The molecule has 0 radical (unpaired) electrons. The van der Waals surface area contributed by atoms with Crippen LogP contribution in [0.2, 0.25) is 0 Å². The molecule has 4 heteroatoms. The Morgan fingerprint density at radius 2 is 2.13 bits per heavy atom. The second kappa shape index (κ2) is 4.06. The van der Waals surface area contributed by atoms with Crippen LogP contribution in [-0.4, -0.2) is 13.2 Å². The normalized spacial score (nSPS) is 20.9. The fourth-order valence-electron chi connectivity index (χ4n) is 1.91. The van der Waals surface area contributed by atoms with Crippen molar-refractivity contribution < 1.29 is 13.5 Å². The van der Waals surface area contributed by atoms with E-state index in [1.807, 2.05) is 0 Å². The molecule has 1 nitrogen and oxygen atoms in total. The van der Waals surface area contributed by atoms with Crippen molar-refractivity contribution in [3.8, 4) is 0 Å². The number of rotatable bonds is 0. The van der Waals surface area contributed by atoms with Crippen LogP contribution in [0.1, 0.15) is 22.1 Å². The second-order valence-corrected chi connectivity index (χ2v) is 4.18. The zero-order valence-corrected chi connectivity index (χ0v) is 9.07. The molecule has 0 saturated carbocycles. The summed E-state index contributed by atoms with van der Waals surface area (Å²) in [4.78, 5) is 0. The molecule has 1 aromatic carbocycles. The van der Waals surface area contributed by atoms with E-state index in [4.69, 9.17) is 16.3 Å². The summed E-state index contributed by atoms with van der Waals surface area (Å²) in [6.45, 7) is 2.35. The van der Waals surface area contributed by atoms with Crippen LogP contribution in [0.15, 0.2) is 6.07 Å². The monoisotopic (exact) mass is 232 g/mol. The van der Waals surface area contributed by atoms with Gasteiger partial charge in [0.1, 0.15) is 11.6 Å². The predicted molar refractivity (Wildman–Crippen MR) is 54.2 cm³/mol. The lowest BCUT2D eigenvalue weighted by Gasteiger charge is -2.14. The summed E-state index contributed by atoms with van der Waals surface area (Å²) in [6.07, 6.45) is 0.450. The number of halogens is 3. The van der Waals surface area contributed by atoms with Gasteiger partial charge in [-0.05, 0) is 30.0 Å². The van der Waals surface area contributed by atoms with Gasteiger partial charge >= 0.3 is 0 Å². The standard InChI is InChI=1S/C11H11ClF2O/c1-6-9(13)4-10(14)7-2-3-15-5-8(12)11(6)7/h4,8H,2-3,5H2,1H3. The van der Waals surface area contributed by atoms with Crippen LogP contribution in [0.5, 0.6) is 0 Å². The summed E-state index contributed by atoms with van der Waals surface area (Å²) in [5.41, 5.74) is 1.48. The van der Waals surface area contributed by atoms with Gasteiger partial charge in [-0.15, -0.1) is 11.6 Å². The highest BCUT2D eigenvalue weighted by Crippen LogP contribution is 2.33. The van der Waals surface area contributed by atoms with Crippen molar-refractivity contribution in [2.75, 3.05) is 13.2 Å². The molecule has 82 valence electrons. The van der Waals surface area contributed by atoms with E-state index in [1.165, 1.54) is 0 Å². The number of hydrogen-bond donors (Lipinski definition) is 0. The van der Waals surface area contributed by atoms with E-state index in [0.29, 0.717) is 36.3 Å². The molecule has 0 fully saturated rings. The minimum atomic E-state index is -0.543. The molecule has 1 atom stereocenters. The quantitative estimate of drug-likeness (QED) is 0.625. The molecular weight excluding hydrogens is 222 g/mol. The van der Waals surface area contributed by atoms with Crippen molar-refractivity contribution in [2.45, 2.75) is 18.7 Å². The number of fused-ring (bicyclic) bond motifs is 1. The van der Waals surface area contributed by atoms with Crippen molar-refractivity contribution in [3.63, 3.8) is 0 Å². The van der Waals surface area contributed by atoms with Crippen LogP contribution >= 0.6 is 11.6 Å². The highest BCUT2D eigenvalue weighted by molar-refractivity contribution is 6.21. The first-order valence-corrected chi connectivity index (χ1v) is 5.24. The summed E-state index contributed by atoms with van der Waals surface area (Å²) in [5, 5.41) is -0.465. The number of alkyl halides is 1. The Hall–Kier alpha value is -0.670. The molecule has 1 unspecified atom stereocenters. The van der Waals surface area contributed by atoms with Gasteiger partial charge in [-0.3, -0.25) is 0 Å². The molecule has 0 aliphatic carbocycles. The number of benzene rings is 1. The molecule has 2 rings (SSSR count). The van der Waals surface area contributed by atoms with Crippen molar-refractivity contribution in [1.82, 2.24) is 0 Å². The Balaban J connectivity index is 2.63. The largest absolute Gasteiger partial charge is 0.379 e. The van der Waals surface area contributed by atoms with E-state index in [1.54, 1.807) is 6.92 Å². The SMILES string of the molecule is Cc1c(F)cc(F)c2c1C(Cl)COCC2. The van der Waals surface area contributed by atoms with E-state index in [2.05, 4.69) is 0 Å². The highest BCUT2D eigenvalue weighted by atomic mass is 35.5. The lowest BCUT2D eigenvalue weighted by molar-refractivity contribution is 0.143. The maximum Gasteiger partial charge on any atom is 0.129 e. The lowest BCUT2D eigenvalue weighted by Crippen LogP contribution is -2.05. The van der Waals surface area contributed by atoms with E-state index in [-0.39, 0.29) is 0 Å². The Kier molecular flexibility index (Phi) is 2.94. The van der Waals surface area contributed by atoms with Gasteiger partial charge in [-0.25, -0.2) is 8.78 Å². The van der Waals surface area contributed by atoms with E-state index in [9.17, 15) is 8.78 Å². The zero-order chi connectivity index (χ0) is 11.0. The van der Waals surface area contributed by atoms with Gasteiger partial charge in [0.05, 0.1) is 18.6 Å². The molecule has 1 aliphatic rings. The van der Waals surface area contributed by atoms with Crippen molar-refractivity contribution >= 4 is 11.6 Å². The van der Waals surface area contributed by atoms with Crippen LogP contribution in [0.3, 0.4) is 0 Å². The van der Waals surface area contributed by atoms with Gasteiger partial charge in [-0.1, -0.05) is 0 Å². The number of ether oxygens (including phenoxy) is 1. The van der Waals surface area contributed by atoms with Crippen LogP contribution in [0, 0.1) is 18.6 Å². The maximum absolute atomic E-state index is 13.5. The van der Waals surface area contributed by atoms with Crippen molar-refractivity contribution in [2.24, 2.45) is 0 Å². The topological polar surface area (TPSA) is 9.23 Å². The summed E-state index contributed by atoms with van der Waals surface area (Å²) in [7, 11) is 0. The molecule has 0 bridgehead atoms. The molecule has 15 heavy (non-hydrogen) atoms. The number of hydrogen-bond acceptors (Lipinski definition) is 1. The Labute approximate surface area is 92.0 Å². The molecule has 0 aromatic heterocycles. The molecule has 0 N–H and O–H groups in total. The molecule has 1 aromatic rings. The molecule has 0 saturated heterocycles. The first kappa shape index (κ1) is 10.8. The first-order chi connectivity index (χ1) is 7.11. The molecule has 1 heterocycles. The van der Waals surface area contributed by atoms with Crippen LogP contribution < -0.4 is 0 Å². The van der Waals surface area contributed by atoms with E-state index < -0.39 is 17.0 Å². The summed E-state index contributed by atoms with van der Waals surface area (Å²) in [5.74, 6) is -1.07. The second-order valence-electron chi connectivity index (χ2n) is 3.65. The van der Waals surface area contributed by atoms with Crippen LogP contribution in [-0.2, 0) is 11.2 Å². The van der Waals surface area contributed by atoms with Crippen molar-refractivity contribution in [1.29, 1.82) is 0 Å². The van der Waals surface area contributed by atoms with Crippen LogP contribution in [0.25, 0.3) is 0 Å². The third kappa shape index (κ3) is 1.86. The van der Waals surface area contributed by atoms with Crippen LogP contribution in [0.4, 0.5) is 8.78 Å². The Morgan fingerprint density at radius 1 is 1.40 bits per heavy atom. The average Bonchev–Trinajstić information content (AvgIpc) is 2.37. The fourth-order valence-corrected chi connectivity index (χ4v) is 2.30. The minimum absolute atomic E-state index is 0.304. The predicted octanol–water partition coefficient (Wildman–Crippen LogP) is 3.13. The smallest absolute Gasteiger partial charge is 0.129 e.